The molecule has 1 aromatic heterocycles. The van der Waals surface area contributed by atoms with Crippen molar-refractivity contribution in [1.29, 1.82) is 0 Å². The summed E-state index contributed by atoms with van der Waals surface area (Å²) in [5, 5.41) is 13.5. The summed E-state index contributed by atoms with van der Waals surface area (Å²) in [6.07, 6.45) is -2.05. The van der Waals surface area contributed by atoms with Gasteiger partial charge in [-0.15, -0.1) is 10.2 Å². The number of nitrogens with one attached hydrogen (secondary N) is 2. The molecule has 13 heteroatoms. The van der Waals surface area contributed by atoms with E-state index in [4.69, 9.17) is 4.74 Å². The third kappa shape index (κ3) is 4.87. The minimum Gasteiger partial charge on any atom is -0.495 e. The van der Waals surface area contributed by atoms with Crippen molar-refractivity contribution in [3.63, 3.8) is 0 Å². The lowest BCUT2D eigenvalue weighted by atomic mass is 10.1. The quantitative estimate of drug-likeness (QED) is 0.551. The number of tetrazole rings is 1. The zero-order valence-corrected chi connectivity index (χ0v) is 18.4. The average Bonchev–Trinajstić information content (AvgIpc) is 3.33. The number of alkyl halides is 3. The molecule has 1 aliphatic rings. The zero-order valence-electron chi connectivity index (χ0n) is 17.6. The number of ether oxygens (including phenoxy) is 1. The van der Waals surface area contributed by atoms with Gasteiger partial charge in [0.2, 0.25) is 5.82 Å². The van der Waals surface area contributed by atoms with E-state index >= 15 is 0 Å². The number of rotatable bonds is 6. The number of hydrogen-bond acceptors (Lipinski definition) is 7. The van der Waals surface area contributed by atoms with Gasteiger partial charge >= 0.3 is 6.18 Å². The van der Waals surface area contributed by atoms with Gasteiger partial charge in [0.1, 0.15) is 10.6 Å². The number of anilines is 2. The van der Waals surface area contributed by atoms with Crippen molar-refractivity contribution in [2.45, 2.75) is 30.3 Å². The molecule has 1 aliphatic heterocycles. The van der Waals surface area contributed by atoms with E-state index in [1.54, 1.807) is 11.0 Å². The Morgan fingerprint density at radius 3 is 2.48 bits per heavy atom. The molecule has 9 nitrogen and oxygen atoms in total. The molecule has 176 valence electrons. The Bertz CT molecular complexity index is 1230. The van der Waals surface area contributed by atoms with E-state index in [2.05, 4.69) is 25.3 Å². The number of H-pyrrole nitrogens is 1. The molecule has 2 N–H and O–H groups in total. The number of aromatic nitrogens is 4. The van der Waals surface area contributed by atoms with Crippen molar-refractivity contribution >= 4 is 21.4 Å². The van der Waals surface area contributed by atoms with Crippen LogP contribution < -0.4 is 14.4 Å². The molecule has 0 bridgehead atoms. The monoisotopic (exact) mass is 482 g/mol. The molecule has 2 aromatic carbocycles. The van der Waals surface area contributed by atoms with E-state index in [0.29, 0.717) is 24.7 Å². The van der Waals surface area contributed by atoms with E-state index in [1.807, 2.05) is 0 Å². The fourth-order valence-electron chi connectivity index (χ4n) is 3.71. The first-order valence-corrected chi connectivity index (χ1v) is 11.6. The van der Waals surface area contributed by atoms with Crippen LogP contribution in [-0.4, -0.2) is 49.2 Å². The van der Waals surface area contributed by atoms with Crippen molar-refractivity contribution in [2.24, 2.45) is 0 Å². The second-order valence-corrected chi connectivity index (χ2v) is 9.13. The van der Waals surface area contributed by atoms with Crippen LogP contribution in [0.2, 0.25) is 0 Å². The third-order valence-electron chi connectivity index (χ3n) is 5.32. The topological polar surface area (TPSA) is 113 Å². The molecule has 1 saturated heterocycles. The Kier molecular flexibility index (Phi) is 6.15. The Balaban J connectivity index is 1.78. The number of sulfonamides is 1. The van der Waals surface area contributed by atoms with Crippen LogP contribution in [0.15, 0.2) is 41.3 Å². The van der Waals surface area contributed by atoms with Gasteiger partial charge in [0.05, 0.1) is 24.0 Å². The van der Waals surface area contributed by atoms with Gasteiger partial charge in [0.25, 0.3) is 10.0 Å². The standard InChI is InChI=1S/C20H21F3N6O3S/c1-32-17-8-5-13(19-24-27-28-25-19)11-15(17)26-33(30,31)18-12-14(20(21,22)23)6-7-16(18)29-9-3-2-4-10-29/h5-8,11-12,26H,2-4,9-10H2,1H3,(H,24,25,27,28). The maximum atomic E-state index is 13.4. The van der Waals surface area contributed by atoms with Crippen LogP contribution in [-0.2, 0) is 16.2 Å². The zero-order chi connectivity index (χ0) is 23.6. The van der Waals surface area contributed by atoms with Crippen LogP contribution in [0.5, 0.6) is 5.75 Å². The molecule has 33 heavy (non-hydrogen) atoms. The van der Waals surface area contributed by atoms with Crippen LogP contribution in [0.4, 0.5) is 24.5 Å². The van der Waals surface area contributed by atoms with E-state index < -0.39 is 26.7 Å². The first kappa shape index (κ1) is 22.8. The van der Waals surface area contributed by atoms with Gasteiger partial charge in [-0.2, -0.15) is 18.4 Å². The van der Waals surface area contributed by atoms with Gasteiger partial charge in [-0.25, -0.2) is 8.42 Å². The molecule has 0 aliphatic carbocycles. The summed E-state index contributed by atoms with van der Waals surface area (Å²) in [5.74, 6) is 0.392. The fraction of sp³-hybridized carbons (Fsp3) is 0.350. The van der Waals surface area contributed by atoms with Crippen LogP contribution in [0, 0.1) is 0 Å². The van der Waals surface area contributed by atoms with Crippen LogP contribution in [0.25, 0.3) is 11.4 Å². The van der Waals surface area contributed by atoms with E-state index in [-0.39, 0.29) is 22.9 Å². The summed E-state index contributed by atoms with van der Waals surface area (Å²) in [6, 6.07) is 7.32. The minimum absolute atomic E-state index is 0.0294. The lowest BCUT2D eigenvalue weighted by Gasteiger charge is -2.31. The second kappa shape index (κ2) is 8.89. The molecular formula is C20H21F3N6O3S. The molecule has 3 aromatic rings. The molecular weight excluding hydrogens is 461 g/mol. The Hall–Kier alpha value is -3.35. The maximum Gasteiger partial charge on any atom is 0.416 e. The first-order valence-electron chi connectivity index (χ1n) is 10.1. The predicted molar refractivity (Wildman–Crippen MR) is 114 cm³/mol. The van der Waals surface area contributed by atoms with Gasteiger partial charge < -0.3 is 9.64 Å². The molecule has 0 radical (unpaired) electrons. The smallest absolute Gasteiger partial charge is 0.416 e. The Morgan fingerprint density at radius 1 is 1.09 bits per heavy atom. The number of aromatic amines is 1. The largest absolute Gasteiger partial charge is 0.495 e. The number of halogens is 3. The lowest BCUT2D eigenvalue weighted by molar-refractivity contribution is -0.137. The van der Waals surface area contributed by atoms with Crippen molar-refractivity contribution in [1.82, 2.24) is 20.6 Å². The molecule has 2 heterocycles. The van der Waals surface area contributed by atoms with Crippen molar-refractivity contribution < 1.29 is 26.3 Å². The van der Waals surface area contributed by atoms with Gasteiger partial charge in [-0.1, -0.05) is 0 Å². The summed E-state index contributed by atoms with van der Waals surface area (Å²) < 4.78 is 74.7. The van der Waals surface area contributed by atoms with Crippen LogP contribution in [0.3, 0.4) is 0 Å². The molecule has 0 atom stereocenters. The Morgan fingerprint density at radius 2 is 1.85 bits per heavy atom. The summed E-state index contributed by atoms with van der Waals surface area (Å²) in [6.45, 7) is 1.12. The maximum absolute atomic E-state index is 13.4. The van der Waals surface area contributed by atoms with E-state index in [0.717, 1.165) is 25.3 Å². The summed E-state index contributed by atoms with van der Waals surface area (Å²) in [5.41, 5.74) is -0.357. The third-order valence-corrected chi connectivity index (χ3v) is 6.72. The van der Waals surface area contributed by atoms with Crippen molar-refractivity contribution in [3.8, 4) is 17.1 Å². The second-order valence-electron chi connectivity index (χ2n) is 7.48. The molecule has 0 saturated carbocycles. The van der Waals surface area contributed by atoms with E-state index in [1.165, 1.54) is 25.3 Å². The first-order chi connectivity index (χ1) is 15.7. The number of nitrogens with zero attached hydrogens (tertiary/aromatic N) is 4. The molecule has 4 rings (SSSR count). The number of hydrogen-bond donors (Lipinski definition) is 2. The highest BCUT2D eigenvalue weighted by atomic mass is 32.2. The summed E-state index contributed by atoms with van der Waals surface area (Å²) in [4.78, 5) is 1.34. The van der Waals surface area contributed by atoms with Gasteiger partial charge in [-0.3, -0.25) is 4.72 Å². The number of methoxy groups -OCH3 is 1. The lowest BCUT2D eigenvalue weighted by Crippen LogP contribution is -2.31. The van der Waals surface area contributed by atoms with Crippen LogP contribution in [0.1, 0.15) is 24.8 Å². The number of benzene rings is 2. The Labute approximate surface area is 188 Å². The minimum atomic E-state index is -4.69. The van der Waals surface area contributed by atoms with Crippen molar-refractivity contribution in [2.75, 3.05) is 29.8 Å². The molecule has 1 fully saturated rings. The normalized spacial score (nSPS) is 14.8. The summed E-state index contributed by atoms with van der Waals surface area (Å²) >= 11 is 0. The summed E-state index contributed by atoms with van der Waals surface area (Å²) in [7, 11) is -3.08. The average molecular weight is 482 g/mol. The molecule has 0 spiro atoms. The highest BCUT2D eigenvalue weighted by molar-refractivity contribution is 7.93. The number of piperidine rings is 1. The molecule has 0 unspecified atom stereocenters. The van der Waals surface area contributed by atoms with Gasteiger partial charge in [0, 0.05) is 18.7 Å². The van der Waals surface area contributed by atoms with Crippen LogP contribution >= 0.6 is 0 Å². The van der Waals surface area contributed by atoms with E-state index in [9.17, 15) is 21.6 Å². The highest BCUT2D eigenvalue weighted by Gasteiger charge is 2.34. The molecule has 0 amide bonds. The van der Waals surface area contributed by atoms with Gasteiger partial charge in [-0.05, 0) is 60.9 Å². The van der Waals surface area contributed by atoms with Gasteiger partial charge in [0.15, 0.2) is 0 Å². The SMILES string of the molecule is COc1ccc(-c2nn[nH]n2)cc1NS(=O)(=O)c1cc(C(F)(F)F)ccc1N1CCCCC1. The van der Waals surface area contributed by atoms with Crippen molar-refractivity contribution in [3.05, 3.63) is 42.0 Å². The highest BCUT2D eigenvalue weighted by Crippen LogP contribution is 2.38. The fourth-order valence-corrected chi connectivity index (χ4v) is 5.03. The predicted octanol–water partition coefficient (Wildman–Crippen LogP) is 3.69.